The molecule has 0 amide bonds. The van der Waals surface area contributed by atoms with Crippen LogP contribution in [0.3, 0.4) is 0 Å². The SMILES string of the molecule is Cc1cc2c(cc1C)-c1sc(C(=O)O)cc1CS2. The van der Waals surface area contributed by atoms with Gasteiger partial charge in [0.1, 0.15) is 4.88 Å². The van der Waals surface area contributed by atoms with Gasteiger partial charge in [0.2, 0.25) is 0 Å². The summed E-state index contributed by atoms with van der Waals surface area (Å²) >= 11 is 3.18. The van der Waals surface area contributed by atoms with Crippen molar-refractivity contribution in [2.24, 2.45) is 0 Å². The van der Waals surface area contributed by atoms with Gasteiger partial charge in [-0.15, -0.1) is 23.1 Å². The molecule has 0 radical (unpaired) electrons. The highest BCUT2D eigenvalue weighted by Gasteiger charge is 2.22. The van der Waals surface area contributed by atoms with E-state index in [2.05, 4.69) is 26.0 Å². The summed E-state index contributed by atoms with van der Waals surface area (Å²) in [7, 11) is 0. The first-order chi connectivity index (χ1) is 8.56. The number of carboxylic acids is 1. The highest BCUT2D eigenvalue weighted by atomic mass is 32.2. The zero-order valence-electron chi connectivity index (χ0n) is 10.1. The van der Waals surface area contributed by atoms with Crippen LogP contribution >= 0.6 is 23.1 Å². The molecule has 0 fully saturated rings. The summed E-state index contributed by atoms with van der Waals surface area (Å²) in [6.45, 7) is 4.21. The quantitative estimate of drug-likeness (QED) is 0.842. The molecular formula is C14H12O2S2. The summed E-state index contributed by atoms with van der Waals surface area (Å²) in [6.07, 6.45) is 0. The van der Waals surface area contributed by atoms with Gasteiger partial charge in [0.15, 0.2) is 0 Å². The van der Waals surface area contributed by atoms with Crippen LogP contribution in [-0.4, -0.2) is 11.1 Å². The first-order valence-electron chi connectivity index (χ1n) is 5.66. The van der Waals surface area contributed by atoms with E-state index in [0.717, 1.165) is 16.2 Å². The van der Waals surface area contributed by atoms with Crippen molar-refractivity contribution in [3.63, 3.8) is 0 Å². The summed E-state index contributed by atoms with van der Waals surface area (Å²) < 4.78 is 0. The fraction of sp³-hybridized carbons (Fsp3) is 0.214. The third-order valence-corrected chi connectivity index (χ3v) is 5.55. The molecule has 0 bridgehead atoms. The largest absolute Gasteiger partial charge is 0.477 e. The molecule has 2 aromatic rings. The van der Waals surface area contributed by atoms with Crippen molar-refractivity contribution in [1.82, 2.24) is 0 Å². The summed E-state index contributed by atoms with van der Waals surface area (Å²) in [6, 6.07) is 6.20. The first-order valence-corrected chi connectivity index (χ1v) is 7.47. The zero-order valence-corrected chi connectivity index (χ0v) is 11.7. The van der Waals surface area contributed by atoms with E-state index >= 15 is 0 Å². The Morgan fingerprint density at radius 3 is 2.67 bits per heavy atom. The Morgan fingerprint density at radius 2 is 1.94 bits per heavy atom. The van der Waals surface area contributed by atoms with Crippen molar-refractivity contribution in [2.45, 2.75) is 24.5 Å². The van der Waals surface area contributed by atoms with Gasteiger partial charge in [0.25, 0.3) is 0 Å². The second kappa shape index (κ2) is 4.14. The van der Waals surface area contributed by atoms with Crippen molar-refractivity contribution in [3.8, 4) is 10.4 Å². The minimum atomic E-state index is -0.829. The van der Waals surface area contributed by atoms with Gasteiger partial charge in [0.05, 0.1) is 0 Å². The smallest absolute Gasteiger partial charge is 0.345 e. The van der Waals surface area contributed by atoms with Gasteiger partial charge in [-0.1, -0.05) is 0 Å². The summed E-state index contributed by atoms with van der Waals surface area (Å²) in [5.41, 5.74) is 4.90. The lowest BCUT2D eigenvalue weighted by Crippen LogP contribution is -1.94. The molecular weight excluding hydrogens is 264 g/mol. The Balaban J connectivity index is 2.21. The van der Waals surface area contributed by atoms with Gasteiger partial charge < -0.3 is 5.11 Å². The molecule has 92 valence electrons. The van der Waals surface area contributed by atoms with Gasteiger partial charge in [-0.2, -0.15) is 0 Å². The van der Waals surface area contributed by atoms with E-state index in [-0.39, 0.29) is 0 Å². The molecule has 1 aliphatic heterocycles. The molecule has 1 aromatic heterocycles. The Kier molecular flexibility index (Phi) is 2.72. The predicted octanol–water partition coefficient (Wildman–Crippen LogP) is 4.34. The summed E-state index contributed by atoms with van der Waals surface area (Å²) in [5.74, 6) is 0.0408. The monoisotopic (exact) mass is 276 g/mol. The Morgan fingerprint density at radius 1 is 1.22 bits per heavy atom. The highest BCUT2D eigenvalue weighted by Crippen LogP contribution is 2.46. The molecule has 0 saturated heterocycles. The normalized spacial score (nSPS) is 13.0. The molecule has 0 unspecified atom stereocenters. The van der Waals surface area contributed by atoms with Crippen LogP contribution in [0.2, 0.25) is 0 Å². The lowest BCUT2D eigenvalue weighted by Gasteiger charge is -2.17. The standard InChI is InChI=1S/C14H12O2S2/c1-7-3-10-11(4-8(7)2)17-6-9-5-12(14(15)16)18-13(9)10/h3-5H,6H2,1-2H3,(H,15,16). The maximum absolute atomic E-state index is 11.1. The second-order valence-electron chi connectivity index (χ2n) is 4.49. The molecule has 2 nitrogen and oxygen atoms in total. The van der Waals surface area contributed by atoms with Gasteiger partial charge in [0, 0.05) is 21.1 Å². The van der Waals surface area contributed by atoms with Crippen LogP contribution in [0.25, 0.3) is 10.4 Å². The minimum Gasteiger partial charge on any atom is -0.477 e. The zero-order chi connectivity index (χ0) is 12.9. The van der Waals surface area contributed by atoms with E-state index < -0.39 is 5.97 Å². The third-order valence-electron chi connectivity index (χ3n) is 3.24. The number of benzene rings is 1. The Hall–Kier alpha value is -1.26. The number of thioether (sulfide) groups is 1. The van der Waals surface area contributed by atoms with Gasteiger partial charge in [-0.05, 0) is 48.7 Å². The second-order valence-corrected chi connectivity index (χ2v) is 6.56. The Bertz CT molecular complexity index is 656. The van der Waals surface area contributed by atoms with Crippen LogP contribution in [0.15, 0.2) is 23.1 Å². The average molecular weight is 276 g/mol. The molecule has 0 atom stereocenters. The predicted molar refractivity (Wildman–Crippen MR) is 75.7 cm³/mol. The van der Waals surface area contributed by atoms with Crippen LogP contribution in [-0.2, 0) is 5.75 Å². The highest BCUT2D eigenvalue weighted by molar-refractivity contribution is 7.98. The number of aryl methyl sites for hydroxylation is 2. The lowest BCUT2D eigenvalue weighted by molar-refractivity contribution is 0.0702. The van der Waals surface area contributed by atoms with Gasteiger partial charge in [-0.25, -0.2) is 4.79 Å². The lowest BCUT2D eigenvalue weighted by atomic mass is 10.0. The fourth-order valence-electron chi connectivity index (χ4n) is 2.11. The van der Waals surface area contributed by atoms with Crippen molar-refractivity contribution in [1.29, 1.82) is 0 Å². The fourth-order valence-corrected chi connectivity index (χ4v) is 4.43. The van der Waals surface area contributed by atoms with Crippen molar-refractivity contribution in [3.05, 3.63) is 39.8 Å². The van der Waals surface area contributed by atoms with E-state index in [1.807, 2.05) is 6.07 Å². The molecule has 2 heterocycles. The van der Waals surface area contributed by atoms with Crippen molar-refractivity contribution < 1.29 is 9.90 Å². The molecule has 0 saturated carbocycles. The third kappa shape index (κ3) is 1.76. The molecule has 0 spiro atoms. The number of fused-ring (bicyclic) bond motifs is 3. The number of hydrogen-bond donors (Lipinski definition) is 1. The Labute approximate surface area is 114 Å². The molecule has 18 heavy (non-hydrogen) atoms. The first kappa shape index (κ1) is 11.8. The maximum atomic E-state index is 11.1. The van der Waals surface area contributed by atoms with Crippen LogP contribution in [0.5, 0.6) is 0 Å². The van der Waals surface area contributed by atoms with E-state index in [9.17, 15) is 4.79 Å². The number of aromatic carboxylic acids is 1. The van der Waals surface area contributed by atoms with E-state index in [1.165, 1.54) is 32.9 Å². The molecule has 1 aliphatic rings. The van der Waals surface area contributed by atoms with E-state index in [4.69, 9.17) is 5.11 Å². The molecule has 3 rings (SSSR count). The minimum absolute atomic E-state index is 0.437. The van der Waals surface area contributed by atoms with Crippen LogP contribution in [0.1, 0.15) is 26.4 Å². The molecule has 1 N–H and O–H groups in total. The molecule has 1 aromatic carbocycles. The number of thiophene rings is 1. The van der Waals surface area contributed by atoms with E-state index in [0.29, 0.717) is 4.88 Å². The van der Waals surface area contributed by atoms with Crippen molar-refractivity contribution in [2.75, 3.05) is 0 Å². The number of rotatable bonds is 1. The van der Waals surface area contributed by atoms with E-state index in [1.54, 1.807) is 11.8 Å². The molecule has 4 heteroatoms. The van der Waals surface area contributed by atoms with Crippen LogP contribution in [0.4, 0.5) is 0 Å². The number of carboxylic acid groups (broad SMARTS) is 1. The molecule has 0 aliphatic carbocycles. The number of carbonyl (C=O) groups is 1. The maximum Gasteiger partial charge on any atom is 0.345 e. The van der Waals surface area contributed by atoms with Crippen LogP contribution in [0, 0.1) is 13.8 Å². The van der Waals surface area contributed by atoms with Crippen molar-refractivity contribution >= 4 is 29.1 Å². The topological polar surface area (TPSA) is 37.3 Å². The van der Waals surface area contributed by atoms with Crippen LogP contribution < -0.4 is 0 Å². The van der Waals surface area contributed by atoms with Gasteiger partial charge in [-0.3, -0.25) is 0 Å². The summed E-state index contributed by atoms with van der Waals surface area (Å²) in [5, 5.41) is 9.08. The summed E-state index contributed by atoms with van der Waals surface area (Å²) in [4.78, 5) is 13.9. The number of hydrogen-bond acceptors (Lipinski definition) is 3. The van der Waals surface area contributed by atoms with Gasteiger partial charge >= 0.3 is 5.97 Å². The average Bonchev–Trinajstić information content (AvgIpc) is 2.75.